The summed E-state index contributed by atoms with van der Waals surface area (Å²) in [5.41, 5.74) is 0.927. The van der Waals surface area contributed by atoms with Gasteiger partial charge in [0.2, 0.25) is 10.0 Å². The van der Waals surface area contributed by atoms with Crippen molar-refractivity contribution >= 4 is 28.1 Å². The summed E-state index contributed by atoms with van der Waals surface area (Å²) in [6.45, 7) is 5.43. The number of sulfonamides is 1. The third kappa shape index (κ3) is 4.87. The van der Waals surface area contributed by atoms with Crippen LogP contribution in [0.4, 0.5) is 5.69 Å². The molecule has 0 saturated carbocycles. The van der Waals surface area contributed by atoms with Crippen molar-refractivity contribution in [2.45, 2.75) is 31.6 Å². The van der Waals surface area contributed by atoms with E-state index in [1.54, 1.807) is 13.8 Å². The molecule has 0 radical (unpaired) electrons. The van der Waals surface area contributed by atoms with Gasteiger partial charge >= 0.3 is 0 Å². The van der Waals surface area contributed by atoms with Crippen molar-refractivity contribution in [3.63, 3.8) is 0 Å². The van der Waals surface area contributed by atoms with Gasteiger partial charge in [0.05, 0.1) is 9.82 Å². The number of nitrogens with one attached hydrogen (secondary N) is 2. The summed E-state index contributed by atoms with van der Waals surface area (Å²) in [5.74, 6) is 0.253. The lowest BCUT2D eigenvalue weighted by molar-refractivity contribution is -0.385. The number of nitrogens with zero attached hydrogens (tertiary/aromatic N) is 1. The maximum atomic E-state index is 12.5. The van der Waals surface area contributed by atoms with Crippen molar-refractivity contribution in [3.8, 4) is 0 Å². The fraction of sp³-hybridized carbons (Fsp3) is 0.571. The number of piperidine rings is 1. The summed E-state index contributed by atoms with van der Waals surface area (Å²) >= 11 is 0. The van der Waals surface area contributed by atoms with Crippen molar-refractivity contribution in [3.05, 3.63) is 33.4 Å². The van der Waals surface area contributed by atoms with Crippen LogP contribution in [0.5, 0.6) is 0 Å². The molecule has 7 nitrogen and oxygen atoms in total. The van der Waals surface area contributed by atoms with Crippen LogP contribution in [-0.2, 0) is 10.0 Å². The number of rotatable bonds is 5. The fourth-order valence-corrected chi connectivity index (χ4v) is 4.05. The van der Waals surface area contributed by atoms with Crippen molar-refractivity contribution in [1.29, 1.82) is 0 Å². The molecule has 0 spiro atoms. The quantitative estimate of drug-likeness (QED) is 0.614. The normalized spacial score (nSPS) is 18.3. The van der Waals surface area contributed by atoms with Crippen LogP contribution in [0.25, 0.3) is 0 Å². The van der Waals surface area contributed by atoms with E-state index in [-0.39, 0.29) is 28.9 Å². The van der Waals surface area contributed by atoms with Crippen LogP contribution in [0.1, 0.15) is 24.0 Å². The van der Waals surface area contributed by atoms with E-state index in [9.17, 15) is 18.5 Å². The summed E-state index contributed by atoms with van der Waals surface area (Å²) in [6.07, 6.45) is 2.00. The van der Waals surface area contributed by atoms with Gasteiger partial charge in [-0.2, -0.15) is 0 Å². The van der Waals surface area contributed by atoms with E-state index in [0.29, 0.717) is 17.7 Å². The minimum absolute atomic E-state index is 0. The molecule has 1 aromatic rings. The number of aryl methyl sites for hydroxylation is 1. The van der Waals surface area contributed by atoms with Crippen molar-refractivity contribution < 1.29 is 13.3 Å². The number of hydrogen-bond donors (Lipinski definition) is 2. The number of nitro benzene ring substituents is 1. The first-order chi connectivity index (χ1) is 10.3. The zero-order valence-corrected chi connectivity index (χ0v) is 14.8. The molecule has 9 heteroatoms. The average molecular weight is 364 g/mol. The molecule has 130 valence electrons. The maximum absolute atomic E-state index is 12.5. The van der Waals surface area contributed by atoms with Crippen LogP contribution >= 0.6 is 12.4 Å². The van der Waals surface area contributed by atoms with E-state index in [1.807, 2.05) is 0 Å². The van der Waals surface area contributed by atoms with E-state index < -0.39 is 14.9 Å². The Hall–Kier alpha value is -1.22. The lowest BCUT2D eigenvalue weighted by Gasteiger charge is -2.23. The second-order valence-corrected chi connectivity index (χ2v) is 7.44. The lowest BCUT2D eigenvalue weighted by Crippen LogP contribution is -2.38. The molecule has 1 aliphatic rings. The Balaban J connectivity index is 0.00000264. The van der Waals surface area contributed by atoms with Crippen LogP contribution < -0.4 is 10.0 Å². The third-order valence-electron chi connectivity index (χ3n) is 4.07. The molecule has 0 aromatic heterocycles. The summed E-state index contributed by atoms with van der Waals surface area (Å²) in [5, 5.41) is 14.2. The Labute approximate surface area is 142 Å². The molecule has 1 aliphatic heterocycles. The van der Waals surface area contributed by atoms with E-state index >= 15 is 0 Å². The summed E-state index contributed by atoms with van der Waals surface area (Å²) in [7, 11) is -3.75. The summed E-state index contributed by atoms with van der Waals surface area (Å²) in [4.78, 5) is 10.3. The Bertz CT molecular complexity index is 673. The Kier molecular flexibility index (Phi) is 6.94. The van der Waals surface area contributed by atoms with Gasteiger partial charge in [-0.25, -0.2) is 13.1 Å². The molecule has 23 heavy (non-hydrogen) atoms. The molecule has 1 aromatic carbocycles. The first kappa shape index (κ1) is 19.8. The fourth-order valence-electron chi connectivity index (χ4n) is 2.60. The standard InChI is InChI=1S/C14H21N3O4S.ClH/c1-10-6-13(17(18)19)7-14(11(10)2)22(20,21)16-9-12-4-3-5-15-8-12;/h6-7,12,15-16H,3-5,8-9H2,1-2H3;1H. The number of hydrogen-bond acceptors (Lipinski definition) is 5. The Morgan fingerprint density at radius 3 is 2.65 bits per heavy atom. The number of benzene rings is 1. The molecule has 1 atom stereocenters. The van der Waals surface area contributed by atoms with Crippen LogP contribution in [0.2, 0.25) is 0 Å². The highest BCUT2D eigenvalue weighted by Crippen LogP contribution is 2.25. The van der Waals surface area contributed by atoms with Gasteiger partial charge < -0.3 is 5.32 Å². The molecular formula is C14H22ClN3O4S. The van der Waals surface area contributed by atoms with Crippen molar-refractivity contribution in [2.24, 2.45) is 5.92 Å². The molecule has 0 aliphatic carbocycles. The van der Waals surface area contributed by atoms with Crippen molar-refractivity contribution in [2.75, 3.05) is 19.6 Å². The van der Waals surface area contributed by atoms with Gasteiger partial charge in [0, 0.05) is 18.7 Å². The van der Waals surface area contributed by atoms with Gasteiger partial charge in [0.25, 0.3) is 5.69 Å². The smallest absolute Gasteiger partial charge is 0.271 e. The SMILES string of the molecule is Cc1cc([N+](=O)[O-])cc(S(=O)(=O)NCC2CCCNC2)c1C.Cl. The molecular weight excluding hydrogens is 342 g/mol. The summed E-state index contributed by atoms with van der Waals surface area (Å²) < 4.78 is 27.5. The highest BCUT2D eigenvalue weighted by atomic mass is 35.5. The zero-order valence-electron chi connectivity index (χ0n) is 13.2. The Morgan fingerprint density at radius 2 is 2.09 bits per heavy atom. The monoisotopic (exact) mass is 363 g/mol. The molecule has 0 bridgehead atoms. The molecule has 2 rings (SSSR count). The molecule has 1 unspecified atom stereocenters. The van der Waals surface area contributed by atoms with E-state index in [0.717, 1.165) is 32.0 Å². The lowest BCUT2D eigenvalue weighted by atomic mass is 10.0. The van der Waals surface area contributed by atoms with Gasteiger partial charge in [0.1, 0.15) is 0 Å². The van der Waals surface area contributed by atoms with Crippen LogP contribution in [0.15, 0.2) is 17.0 Å². The molecule has 0 amide bonds. The van der Waals surface area contributed by atoms with Gasteiger partial charge in [-0.1, -0.05) is 0 Å². The van der Waals surface area contributed by atoms with E-state index in [1.165, 1.54) is 6.07 Å². The molecule has 2 N–H and O–H groups in total. The van der Waals surface area contributed by atoms with Gasteiger partial charge in [0.15, 0.2) is 0 Å². The van der Waals surface area contributed by atoms with Crippen LogP contribution in [-0.4, -0.2) is 33.0 Å². The number of non-ortho nitro benzene ring substituents is 1. The topological polar surface area (TPSA) is 101 Å². The minimum atomic E-state index is -3.75. The second-order valence-electron chi connectivity index (χ2n) is 5.71. The summed E-state index contributed by atoms with van der Waals surface area (Å²) in [6, 6.07) is 2.52. The average Bonchev–Trinajstić information content (AvgIpc) is 2.48. The molecule has 1 saturated heterocycles. The molecule has 1 fully saturated rings. The largest absolute Gasteiger partial charge is 0.316 e. The van der Waals surface area contributed by atoms with Gasteiger partial charge in [-0.05, 0) is 56.8 Å². The third-order valence-corrected chi connectivity index (χ3v) is 5.62. The highest BCUT2D eigenvalue weighted by molar-refractivity contribution is 7.89. The predicted octanol–water partition coefficient (Wildman–Crippen LogP) is 1.91. The first-order valence-corrected chi connectivity index (χ1v) is 8.75. The van der Waals surface area contributed by atoms with Crippen molar-refractivity contribution in [1.82, 2.24) is 10.0 Å². The van der Waals surface area contributed by atoms with E-state index in [4.69, 9.17) is 0 Å². The second kappa shape index (κ2) is 8.05. The number of nitro groups is 1. The first-order valence-electron chi connectivity index (χ1n) is 7.27. The molecule has 1 heterocycles. The minimum Gasteiger partial charge on any atom is -0.316 e. The zero-order chi connectivity index (χ0) is 16.3. The predicted molar refractivity (Wildman–Crippen MR) is 90.6 cm³/mol. The number of halogens is 1. The van der Waals surface area contributed by atoms with Crippen LogP contribution in [0, 0.1) is 29.9 Å². The maximum Gasteiger partial charge on any atom is 0.271 e. The Morgan fingerprint density at radius 1 is 1.39 bits per heavy atom. The van der Waals surface area contributed by atoms with Gasteiger partial charge in [-0.3, -0.25) is 10.1 Å². The highest BCUT2D eigenvalue weighted by Gasteiger charge is 2.23. The van der Waals surface area contributed by atoms with E-state index in [2.05, 4.69) is 10.0 Å². The van der Waals surface area contributed by atoms with Crippen LogP contribution in [0.3, 0.4) is 0 Å². The van der Waals surface area contributed by atoms with Gasteiger partial charge in [-0.15, -0.1) is 12.4 Å².